The average Bonchev–Trinajstić information content (AvgIpc) is 2.47. The minimum absolute atomic E-state index is 0.101. The predicted molar refractivity (Wildman–Crippen MR) is 75.0 cm³/mol. The molecule has 21 heavy (non-hydrogen) atoms. The third-order valence-electron chi connectivity index (χ3n) is 2.70. The van der Waals surface area contributed by atoms with Crippen molar-refractivity contribution >= 4 is 17.7 Å². The number of amides is 1. The molecule has 0 saturated carbocycles. The first-order valence-corrected chi connectivity index (χ1v) is 6.17. The highest BCUT2D eigenvalue weighted by atomic mass is 19.4. The summed E-state index contributed by atoms with van der Waals surface area (Å²) in [6, 6.07) is 17.2. The maximum Gasteiger partial charge on any atom is 0.471 e. The second-order valence-corrected chi connectivity index (χ2v) is 4.29. The van der Waals surface area contributed by atoms with Gasteiger partial charge in [-0.2, -0.15) is 13.2 Å². The Labute approximate surface area is 119 Å². The van der Waals surface area contributed by atoms with Gasteiger partial charge < -0.3 is 5.32 Å². The summed E-state index contributed by atoms with van der Waals surface area (Å²) in [5.41, 5.74) is 1.29. The van der Waals surface area contributed by atoms with Crippen LogP contribution in [-0.2, 0) is 4.79 Å². The number of nitrogens with one attached hydrogen (secondary N) is 1. The molecule has 0 spiro atoms. The van der Waals surface area contributed by atoms with E-state index in [9.17, 15) is 18.0 Å². The van der Waals surface area contributed by atoms with Crippen LogP contribution in [0.5, 0.6) is 0 Å². The molecular weight excluding hydrogens is 279 g/mol. The first kappa shape index (κ1) is 14.8. The average molecular weight is 291 g/mol. The predicted octanol–water partition coefficient (Wildman–Crippen LogP) is 3.86. The number of alkyl halides is 3. The summed E-state index contributed by atoms with van der Waals surface area (Å²) in [6.45, 7) is 0. The molecule has 2 aromatic carbocycles. The van der Waals surface area contributed by atoms with Gasteiger partial charge in [0.25, 0.3) is 0 Å². The zero-order valence-electron chi connectivity index (χ0n) is 10.9. The van der Waals surface area contributed by atoms with E-state index in [2.05, 4.69) is 0 Å². The summed E-state index contributed by atoms with van der Waals surface area (Å²) in [4.78, 5) is 11.2. The van der Waals surface area contributed by atoms with E-state index in [0.717, 1.165) is 0 Å². The molecule has 0 fully saturated rings. The molecule has 0 radical (unpaired) electrons. The maximum absolute atomic E-state index is 12.4. The summed E-state index contributed by atoms with van der Waals surface area (Å²) < 4.78 is 37.3. The van der Waals surface area contributed by atoms with Crippen molar-refractivity contribution in [3.05, 3.63) is 71.8 Å². The van der Waals surface area contributed by atoms with Crippen LogP contribution in [0.4, 0.5) is 13.2 Å². The second kappa shape index (κ2) is 6.26. The van der Waals surface area contributed by atoms with Gasteiger partial charge in [-0.05, 0) is 17.2 Å². The molecule has 1 N–H and O–H groups in total. The van der Waals surface area contributed by atoms with Crippen molar-refractivity contribution in [2.45, 2.75) is 6.18 Å². The summed E-state index contributed by atoms with van der Waals surface area (Å²) in [5.74, 6) is -1.99. The molecule has 2 aromatic rings. The fraction of sp³-hybridized carbons (Fsp3) is 0.0625. The largest absolute Gasteiger partial charge is 0.471 e. The summed E-state index contributed by atoms with van der Waals surface area (Å²) in [5, 5.41) is 1.92. The second-order valence-electron chi connectivity index (χ2n) is 4.29. The standard InChI is InChI=1S/C16H12F3NO/c17-16(18,19)15(21)20-14(13-9-5-2-6-10-13)11-12-7-3-1-4-8-12/h1-11H,(H,20,21)/b14-11-. The molecule has 2 nitrogen and oxygen atoms in total. The van der Waals surface area contributed by atoms with Gasteiger partial charge in [-0.1, -0.05) is 60.7 Å². The van der Waals surface area contributed by atoms with Crippen molar-refractivity contribution < 1.29 is 18.0 Å². The van der Waals surface area contributed by atoms with Crippen LogP contribution in [0.2, 0.25) is 0 Å². The van der Waals surface area contributed by atoms with Gasteiger partial charge in [0, 0.05) is 5.70 Å². The van der Waals surface area contributed by atoms with Crippen LogP contribution in [-0.4, -0.2) is 12.1 Å². The molecule has 0 aliphatic rings. The molecule has 0 aliphatic carbocycles. The van der Waals surface area contributed by atoms with Crippen LogP contribution in [0.1, 0.15) is 11.1 Å². The molecule has 1 amide bonds. The Bertz CT molecular complexity index is 634. The van der Waals surface area contributed by atoms with Crippen molar-refractivity contribution in [2.75, 3.05) is 0 Å². The van der Waals surface area contributed by atoms with Crippen molar-refractivity contribution in [1.29, 1.82) is 0 Å². The van der Waals surface area contributed by atoms with Gasteiger partial charge in [0.1, 0.15) is 0 Å². The molecular formula is C16H12F3NO. The van der Waals surface area contributed by atoms with Gasteiger partial charge in [-0.15, -0.1) is 0 Å². The molecule has 0 aromatic heterocycles. The number of halogens is 3. The Balaban J connectivity index is 2.36. The Kier molecular flexibility index (Phi) is 4.42. The van der Waals surface area contributed by atoms with Crippen LogP contribution >= 0.6 is 0 Å². The smallest absolute Gasteiger partial charge is 0.318 e. The van der Waals surface area contributed by atoms with Crippen molar-refractivity contribution in [2.24, 2.45) is 0 Å². The molecule has 0 bridgehead atoms. The van der Waals surface area contributed by atoms with Gasteiger partial charge in [-0.3, -0.25) is 4.79 Å². The van der Waals surface area contributed by atoms with Gasteiger partial charge in [0.05, 0.1) is 0 Å². The van der Waals surface area contributed by atoms with Crippen LogP contribution < -0.4 is 5.32 Å². The molecule has 0 heterocycles. The van der Waals surface area contributed by atoms with E-state index >= 15 is 0 Å². The number of carbonyl (C=O) groups is 1. The molecule has 0 saturated heterocycles. The number of carbonyl (C=O) groups excluding carboxylic acids is 1. The Morgan fingerprint density at radius 2 is 1.43 bits per heavy atom. The summed E-state index contributed by atoms with van der Waals surface area (Å²) >= 11 is 0. The van der Waals surface area contributed by atoms with Crippen LogP contribution in [0.3, 0.4) is 0 Å². The molecule has 0 aliphatic heterocycles. The van der Waals surface area contributed by atoms with Crippen molar-refractivity contribution in [3.8, 4) is 0 Å². The van der Waals surface area contributed by atoms with E-state index in [1.54, 1.807) is 60.7 Å². The van der Waals surface area contributed by atoms with Crippen LogP contribution in [0.25, 0.3) is 11.8 Å². The van der Waals surface area contributed by atoms with Gasteiger partial charge >= 0.3 is 12.1 Å². The Hall–Kier alpha value is -2.56. The minimum atomic E-state index is -4.93. The van der Waals surface area contributed by atoms with Crippen molar-refractivity contribution in [1.82, 2.24) is 5.32 Å². The van der Waals surface area contributed by atoms with E-state index in [0.29, 0.717) is 11.1 Å². The molecule has 2 rings (SSSR count). The quantitative estimate of drug-likeness (QED) is 0.855. The van der Waals surface area contributed by atoms with Crippen LogP contribution in [0.15, 0.2) is 60.7 Å². The minimum Gasteiger partial charge on any atom is -0.318 e. The zero-order chi connectivity index (χ0) is 15.3. The van der Waals surface area contributed by atoms with E-state index < -0.39 is 12.1 Å². The molecule has 0 unspecified atom stereocenters. The lowest BCUT2D eigenvalue weighted by Gasteiger charge is -2.12. The normalized spacial score (nSPS) is 12.0. The van der Waals surface area contributed by atoms with E-state index in [1.807, 2.05) is 5.32 Å². The first-order valence-electron chi connectivity index (χ1n) is 6.17. The highest BCUT2D eigenvalue weighted by molar-refractivity contribution is 5.94. The highest BCUT2D eigenvalue weighted by Crippen LogP contribution is 2.20. The fourth-order valence-corrected chi connectivity index (χ4v) is 1.72. The first-order chi connectivity index (χ1) is 9.97. The Morgan fingerprint density at radius 3 is 1.95 bits per heavy atom. The summed E-state index contributed by atoms with van der Waals surface area (Å²) in [7, 11) is 0. The monoisotopic (exact) mass is 291 g/mol. The number of hydrogen-bond donors (Lipinski definition) is 1. The highest BCUT2D eigenvalue weighted by Gasteiger charge is 2.39. The lowest BCUT2D eigenvalue weighted by atomic mass is 10.1. The lowest BCUT2D eigenvalue weighted by Crippen LogP contribution is -2.35. The van der Waals surface area contributed by atoms with Crippen molar-refractivity contribution in [3.63, 3.8) is 0 Å². The van der Waals surface area contributed by atoms with E-state index in [-0.39, 0.29) is 5.70 Å². The van der Waals surface area contributed by atoms with Gasteiger partial charge in [-0.25, -0.2) is 0 Å². The molecule has 108 valence electrons. The van der Waals surface area contributed by atoms with E-state index in [1.165, 1.54) is 6.08 Å². The SMILES string of the molecule is O=C(N/C(=C\c1ccccc1)c1ccccc1)C(F)(F)F. The molecule has 5 heteroatoms. The third-order valence-corrected chi connectivity index (χ3v) is 2.70. The zero-order valence-corrected chi connectivity index (χ0v) is 10.9. The maximum atomic E-state index is 12.4. The fourth-order valence-electron chi connectivity index (χ4n) is 1.72. The number of rotatable bonds is 3. The topological polar surface area (TPSA) is 29.1 Å². The lowest BCUT2D eigenvalue weighted by molar-refractivity contribution is -0.172. The Morgan fingerprint density at radius 1 is 0.905 bits per heavy atom. The van der Waals surface area contributed by atoms with Gasteiger partial charge in [0.2, 0.25) is 0 Å². The number of hydrogen-bond acceptors (Lipinski definition) is 1. The van der Waals surface area contributed by atoms with Crippen LogP contribution in [0, 0.1) is 0 Å². The van der Waals surface area contributed by atoms with Gasteiger partial charge in [0.15, 0.2) is 0 Å². The molecule has 0 atom stereocenters. The third kappa shape index (κ3) is 4.21. The number of benzene rings is 2. The summed E-state index contributed by atoms with van der Waals surface area (Å²) in [6.07, 6.45) is -3.43. The van der Waals surface area contributed by atoms with E-state index in [4.69, 9.17) is 0 Å².